The van der Waals surface area contributed by atoms with E-state index in [1.165, 1.54) is 0 Å². The summed E-state index contributed by atoms with van der Waals surface area (Å²) in [4.78, 5) is 19.9. The second kappa shape index (κ2) is 7.21. The standard InChI is InChI=1S/C5H5F3O2.2O.U/c1-3(9)2-4(10)5(6,7)8;;;/h2H2,1H3;;;. The molecule has 0 saturated carbocycles. The van der Waals surface area contributed by atoms with Gasteiger partial charge in [0.05, 0.1) is 6.42 Å². The Morgan fingerprint density at radius 1 is 1.23 bits per heavy atom. The summed E-state index contributed by atoms with van der Waals surface area (Å²) in [6.07, 6.45) is -5.92. The fourth-order valence-corrected chi connectivity index (χ4v) is 0.326. The van der Waals surface area contributed by atoms with E-state index in [2.05, 4.69) is 0 Å². The SMILES string of the molecule is CC(=O)CC(=O)C(F)(F)F.[O]=[U]=[O]. The molecule has 0 bridgehead atoms. The Morgan fingerprint density at radius 2 is 1.54 bits per heavy atom. The third-order valence-corrected chi connectivity index (χ3v) is 0.726. The zero-order valence-electron chi connectivity index (χ0n) is 6.47. The van der Waals surface area contributed by atoms with E-state index in [9.17, 15) is 22.8 Å². The first-order valence-electron chi connectivity index (χ1n) is 2.84. The van der Waals surface area contributed by atoms with E-state index in [0.29, 0.717) is 0 Å². The van der Waals surface area contributed by atoms with Crippen LogP contribution in [-0.4, -0.2) is 17.7 Å². The number of Topliss-reactive ketones (excluding diaryl/α,β-unsaturated/α-hetero) is 2. The molecular weight excluding hydrogens is 419 g/mol. The van der Waals surface area contributed by atoms with Gasteiger partial charge < -0.3 is 0 Å². The number of hydrogen-bond acceptors (Lipinski definition) is 4. The van der Waals surface area contributed by atoms with Gasteiger partial charge >= 0.3 is 38.5 Å². The van der Waals surface area contributed by atoms with E-state index in [4.69, 9.17) is 4.47 Å². The van der Waals surface area contributed by atoms with Crippen LogP contribution in [0.15, 0.2) is 0 Å². The normalized spacial score (nSPS) is 9.23. The van der Waals surface area contributed by atoms with E-state index in [1.54, 1.807) is 0 Å². The van der Waals surface area contributed by atoms with Crippen molar-refractivity contribution in [1.82, 2.24) is 0 Å². The van der Waals surface area contributed by atoms with Crippen LogP contribution in [0.1, 0.15) is 13.3 Å². The van der Waals surface area contributed by atoms with Gasteiger partial charge in [-0.1, -0.05) is 0 Å². The van der Waals surface area contributed by atoms with Crippen LogP contribution in [0.2, 0.25) is 0 Å². The summed E-state index contributed by atoms with van der Waals surface area (Å²) in [6.45, 7) is 0.934. The molecule has 0 radical (unpaired) electrons. The van der Waals surface area contributed by atoms with E-state index in [1.807, 2.05) is 0 Å². The van der Waals surface area contributed by atoms with E-state index in [0.717, 1.165) is 6.92 Å². The molecule has 8 heteroatoms. The molecule has 0 N–H and O–H groups in total. The van der Waals surface area contributed by atoms with Gasteiger partial charge in [0, 0.05) is 0 Å². The summed E-state index contributed by atoms with van der Waals surface area (Å²) in [5, 5.41) is 0. The van der Waals surface area contributed by atoms with Gasteiger partial charge in [0.1, 0.15) is 5.78 Å². The molecule has 0 rings (SSSR count). The predicted molar refractivity (Wildman–Crippen MR) is 27.7 cm³/mol. The molecule has 0 heterocycles. The first kappa shape index (κ1) is 15.3. The molecule has 0 aromatic carbocycles. The molecular formula is C5H5F3O4U. The van der Waals surface area contributed by atoms with Crippen LogP contribution in [0.3, 0.4) is 0 Å². The van der Waals surface area contributed by atoms with Crippen molar-refractivity contribution in [2.75, 3.05) is 0 Å². The van der Waals surface area contributed by atoms with Gasteiger partial charge in [0.2, 0.25) is 5.78 Å². The van der Waals surface area contributed by atoms with Crippen molar-refractivity contribution in [2.45, 2.75) is 19.5 Å². The second-order valence-corrected chi connectivity index (χ2v) is 2.58. The zero-order valence-corrected chi connectivity index (χ0v) is 10.6. The van der Waals surface area contributed by atoms with Crippen LogP contribution < -0.4 is 0 Å². The molecule has 0 unspecified atom stereocenters. The Bertz CT molecular complexity index is 228. The van der Waals surface area contributed by atoms with Crippen molar-refractivity contribution >= 4 is 11.6 Å². The summed E-state index contributed by atoms with van der Waals surface area (Å²) in [5.74, 6) is -2.76. The third kappa shape index (κ3) is 11.8. The van der Waals surface area contributed by atoms with Gasteiger partial charge in [0.25, 0.3) is 0 Å². The quantitative estimate of drug-likeness (QED) is 0.617. The van der Waals surface area contributed by atoms with E-state index >= 15 is 0 Å². The molecule has 0 fully saturated rings. The first-order valence-corrected chi connectivity index (χ1v) is 6.24. The van der Waals surface area contributed by atoms with Crippen molar-refractivity contribution in [1.29, 1.82) is 0 Å². The Kier molecular flexibility index (Phi) is 8.47. The summed E-state index contributed by atoms with van der Waals surface area (Å²) >= 11 is -2.51. The molecule has 0 atom stereocenters. The van der Waals surface area contributed by atoms with Gasteiger partial charge in [-0.3, -0.25) is 9.59 Å². The molecule has 0 amide bonds. The van der Waals surface area contributed by atoms with Gasteiger partial charge in [0.15, 0.2) is 0 Å². The van der Waals surface area contributed by atoms with Crippen molar-refractivity contribution in [3.05, 3.63) is 0 Å². The third-order valence-electron chi connectivity index (χ3n) is 0.726. The van der Waals surface area contributed by atoms with Crippen LogP contribution in [0, 0.1) is 27.8 Å². The van der Waals surface area contributed by atoms with Crippen LogP contribution in [0.25, 0.3) is 0 Å². The maximum absolute atomic E-state index is 11.3. The number of halogens is 3. The number of carbonyl (C=O) groups is 2. The topological polar surface area (TPSA) is 68.3 Å². The van der Waals surface area contributed by atoms with Gasteiger partial charge in [-0.05, 0) is 6.92 Å². The summed E-state index contributed by atoms with van der Waals surface area (Å²) < 4.78 is 51.1. The summed E-state index contributed by atoms with van der Waals surface area (Å²) in [6, 6.07) is 0. The Morgan fingerprint density at radius 3 is 1.62 bits per heavy atom. The molecule has 74 valence electrons. The molecule has 0 saturated heterocycles. The molecule has 0 spiro atoms. The Hall–Kier alpha value is -0.218. The number of hydrogen-bond donors (Lipinski definition) is 0. The van der Waals surface area contributed by atoms with Crippen molar-refractivity contribution < 1.29 is 55.1 Å². The van der Waals surface area contributed by atoms with Crippen molar-refractivity contribution in [3.8, 4) is 0 Å². The molecule has 4 nitrogen and oxygen atoms in total. The van der Waals surface area contributed by atoms with Crippen LogP contribution in [0.5, 0.6) is 0 Å². The Balaban J connectivity index is 0. The number of alkyl halides is 3. The van der Waals surface area contributed by atoms with E-state index in [-0.39, 0.29) is 0 Å². The van der Waals surface area contributed by atoms with Crippen molar-refractivity contribution in [3.63, 3.8) is 0 Å². The Labute approximate surface area is 86.1 Å². The maximum atomic E-state index is 11.3. The molecule has 0 aliphatic heterocycles. The molecule has 13 heavy (non-hydrogen) atoms. The van der Waals surface area contributed by atoms with E-state index < -0.39 is 52.0 Å². The zero-order chi connectivity index (χ0) is 11.1. The van der Waals surface area contributed by atoms with Crippen LogP contribution in [0.4, 0.5) is 13.2 Å². The molecule has 0 aliphatic rings. The fraction of sp³-hybridized carbons (Fsp3) is 0.600. The number of rotatable bonds is 2. The number of carbonyl (C=O) groups excluding carboxylic acids is 2. The molecule has 0 aromatic rings. The summed E-state index contributed by atoms with van der Waals surface area (Å²) in [7, 11) is 0. The van der Waals surface area contributed by atoms with Crippen LogP contribution in [-0.2, 0) is 14.1 Å². The minimum absolute atomic E-state index is 0.776. The van der Waals surface area contributed by atoms with Gasteiger partial charge in [-0.25, -0.2) is 0 Å². The molecule has 0 aromatic heterocycles. The second-order valence-electron chi connectivity index (χ2n) is 1.88. The average molecular weight is 424 g/mol. The summed E-state index contributed by atoms with van der Waals surface area (Å²) in [5.41, 5.74) is 0. The van der Waals surface area contributed by atoms with Crippen LogP contribution >= 0.6 is 0 Å². The number of ketones is 2. The first-order chi connectivity index (χ1) is 5.75. The van der Waals surface area contributed by atoms with Gasteiger partial charge in [-0.2, -0.15) is 13.2 Å². The molecule has 0 aliphatic carbocycles. The fourth-order valence-electron chi connectivity index (χ4n) is 0.326. The van der Waals surface area contributed by atoms with Crippen molar-refractivity contribution in [2.24, 2.45) is 0 Å². The van der Waals surface area contributed by atoms with Gasteiger partial charge in [-0.15, -0.1) is 0 Å². The average Bonchev–Trinajstić information content (AvgIpc) is 1.85. The predicted octanol–water partition coefficient (Wildman–Crippen LogP) is 0.859. The minimum atomic E-state index is -4.87. The monoisotopic (exact) mass is 424 g/mol.